The molecule has 0 amide bonds. The molecule has 114 valence electrons. The van der Waals surface area contributed by atoms with Crippen molar-refractivity contribution >= 4 is 23.1 Å². The molecule has 0 aliphatic carbocycles. The largest absolute Gasteiger partial charge is 0.463 e. The van der Waals surface area contributed by atoms with Gasteiger partial charge in [0.05, 0.1) is 15.9 Å². The van der Waals surface area contributed by atoms with Crippen LogP contribution in [0.5, 0.6) is 5.75 Å². The van der Waals surface area contributed by atoms with E-state index in [1.807, 2.05) is 0 Å². The summed E-state index contributed by atoms with van der Waals surface area (Å²) in [5, 5.41) is 11.0. The van der Waals surface area contributed by atoms with Crippen molar-refractivity contribution in [2.45, 2.75) is 0 Å². The molecule has 23 heavy (non-hydrogen) atoms. The molecule has 0 radical (unpaired) electrons. The molecular formula is C16H9NO6. The van der Waals surface area contributed by atoms with Crippen LogP contribution in [-0.4, -0.2) is 11.4 Å². The SMILES string of the molecule is O=COc1ccc2c(=O)c(-c3ccc([N+](=O)[O-])cc3)coc2c1. The van der Waals surface area contributed by atoms with Crippen LogP contribution in [0.4, 0.5) is 5.69 Å². The number of nitrogens with zero attached hydrogens (tertiary/aromatic N) is 1. The Hall–Kier alpha value is -3.48. The number of hydrogen-bond acceptors (Lipinski definition) is 6. The first-order chi connectivity index (χ1) is 11.1. The Morgan fingerprint density at radius 2 is 1.87 bits per heavy atom. The number of fused-ring (bicyclic) bond motifs is 1. The first kappa shape index (κ1) is 14.5. The van der Waals surface area contributed by atoms with E-state index in [0.29, 0.717) is 10.9 Å². The van der Waals surface area contributed by atoms with E-state index in [9.17, 15) is 19.7 Å². The van der Waals surface area contributed by atoms with Crippen molar-refractivity contribution in [2.75, 3.05) is 0 Å². The summed E-state index contributed by atoms with van der Waals surface area (Å²) in [4.78, 5) is 33.0. The second-order valence-electron chi connectivity index (χ2n) is 4.65. The summed E-state index contributed by atoms with van der Waals surface area (Å²) in [6, 6.07) is 10.0. The van der Waals surface area contributed by atoms with Crippen molar-refractivity contribution in [1.29, 1.82) is 0 Å². The Balaban J connectivity index is 2.10. The first-order valence-corrected chi connectivity index (χ1v) is 6.51. The van der Waals surface area contributed by atoms with Crippen LogP contribution in [0.1, 0.15) is 0 Å². The Kier molecular flexibility index (Phi) is 3.60. The molecule has 0 aliphatic heterocycles. The Morgan fingerprint density at radius 3 is 2.52 bits per heavy atom. The molecule has 7 heteroatoms. The van der Waals surface area contributed by atoms with Gasteiger partial charge < -0.3 is 9.15 Å². The Morgan fingerprint density at radius 1 is 1.13 bits per heavy atom. The van der Waals surface area contributed by atoms with Crippen LogP contribution in [0.15, 0.2) is 57.9 Å². The highest BCUT2D eigenvalue weighted by atomic mass is 16.6. The predicted octanol–water partition coefficient (Wildman–Crippen LogP) is 2.90. The second kappa shape index (κ2) is 5.72. The molecule has 0 atom stereocenters. The summed E-state index contributed by atoms with van der Waals surface area (Å²) in [5.74, 6) is 0.263. The highest BCUT2D eigenvalue weighted by molar-refractivity contribution is 5.83. The average Bonchev–Trinajstić information content (AvgIpc) is 2.55. The molecule has 0 saturated carbocycles. The van der Waals surface area contributed by atoms with Crippen LogP contribution >= 0.6 is 0 Å². The number of benzene rings is 2. The summed E-state index contributed by atoms with van der Waals surface area (Å²) in [6.07, 6.45) is 1.27. The van der Waals surface area contributed by atoms with Crippen LogP contribution in [0.25, 0.3) is 22.1 Å². The molecule has 2 aromatic carbocycles. The van der Waals surface area contributed by atoms with Crippen molar-refractivity contribution < 1.29 is 18.9 Å². The number of non-ortho nitro benzene ring substituents is 1. The number of hydrogen-bond donors (Lipinski definition) is 0. The number of nitro groups is 1. The van der Waals surface area contributed by atoms with E-state index in [4.69, 9.17) is 9.15 Å². The molecule has 0 aliphatic rings. The molecule has 0 N–H and O–H groups in total. The zero-order chi connectivity index (χ0) is 16.4. The average molecular weight is 311 g/mol. The summed E-state index contributed by atoms with van der Waals surface area (Å²) >= 11 is 0. The third kappa shape index (κ3) is 2.67. The Bertz CT molecular complexity index is 958. The van der Waals surface area contributed by atoms with Gasteiger partial charge in [-0.1, -0.05) is 0 Å². The van der Waals surface area contributed by atoms with Gasteiger partial charge in [0.25, 0.3) is 12.2 Å². The van der Waals surface area contributed by atoms with Crippen LogP contribution in [0, 0.1) is 10.1 Å². The normalized spacial score (nSPS) is 10.4. The lowest BCUT2D eigenvalue weighted by molar-refractivity contribution is -0.384. The lowest BCUT2D eigenvalue weighted by Crippen LogP contribution is -2.05. The molecule has 0 saturated heterocycles. The molecule has 7 nitrogen and oxygen atoms in total. The van der Waals surface area contributed by atoms with Crippen molar-refractivity contribution in [3.63, 3.8) is 0 Å². The summed E-state index contributed by atoms with van der Waals surface area (Å²) in [6.45, 7) is 0.282. The maximum atomic E-state index is 12.5. The van der Waals surface area contributed by atoms with Gasteiger partial charge >= 0.3 is 0 Å². The fraction of sp³-hybridized carbons (Fsp3) is 0. The van der Waals surface area contributed by atoms with Gasteiger partial charge in [0.1, 0.15) is 17.6 Å². The molecule has 3 rings (SSSR count). The molecule has 0 bridgehead atoms. The topological polar surface area (TPSA) is 99.7 Å². The monoisotopic (exact) mass is 311 g/mol. The number of carbonyl (C=O) groups excluding carboxylic acids is 1. The summed E-state index contributed by atoms with van der Waals surface area (Å²) < 4.78 is 10.1. The molecule has 0 fully saturated rings. The third-order valence-corrected chi connectivity index (χ3v) is 3.32. The van der Waals surface area contributed by atoms with Crippen LogP contribution in [0.2, 0.25) is 0 Å². The number of rotatable bonds is 4. The fourth-order valence-corrected chi connectivity index (χ4v) is 2.20. The van der Waals surface area contributed by atoms with E-state index in [-0.39, 0.29) is 34.5 Å². The number of nitro benzene ring substituents is 1. The van der Waals surface area contributed by atoms with Gasteiger partial charge in [0.15, 0.2) is 5.43 Å². The third-order valence-electron chi connectivity index (χ3n) is 3.32. The summed E-state index contributed by atoms with van der Waals surface area (Å²) in [5.41, 5.74) is 0.739. The lowest BCUT2D eigenvalue weighted by atomic mass is 10.1. The van der Waals surface area contributed by atoms with Crippen LogP contribution < -0.4 is 10.2 Å². The van der Waals surface area contributed by atoms with Crippen molar-refractivity contribution in [2.24, 2.45) is 0 Å². The number of ether oxygens (including phenoxy) is 1. The van der Waals surface area contributed by atoms with Crippen LogP contribution in [-0.2, 0) is 4.79 Å². The molecule has 0 unspecified atom stereocenters. The zero-order valence-corrected chi connectivity index (χ0v) is 11.6. The van der Waals surface area contributed by atoms with E-state index < -0.39 is 4.92 Å². The molecule has 1 heterocycles. The maximum absolute atomic E-state index is 12.5. The first-order valence-electron chi connectivity index (χ1n) is 6.51. The van der Waals surface area contributed by atoms with Crippen LogP contribution in [0.3, 0.4) is 0 Å². The molecule has 0 spiro atoms. The van der Waals surface area contributed by atoms with E-state index in [1.54, 1.807) is 0 Å². The smallest absolute Gasteiger partial charge is 0.298 e. The van der Waals surface area contributed by atoms with Gasteiger partial charge in [0.2, 0.25) is 0 Å². The maximum Gasteiger partial charge on any atom is 0.298 e. The van der Waals surface area contributed by atoms with E-state index in [1.165, 1.54) is 48.7 Å². The van der Waals surface area contributed by atoms with Gasteiger partial charge in [-0.25, -0.2) is 0 Å². The second-order valence-corrected chi connectivity index (χ2v) is 4.65. The molecule has 1 aromatic heterocycles. The van der Waals surface area contributed by atoms with Gasteiger partial charge in [-0.2, -0.15) is 0 Å². The molecule has 3 aromatic rings. The fourth-order valence-electron chi connectivity index (χ4n) is 2.20. The van der Waals surface area contributed by atoms with Gasteiger partial charge in [-0.05, 0) is 29.8 Å². The highest BCUT2D eigenvalue weighted by Crippen LogP contribution is 2.24. The van der Waals surface area contributed by atoms with E-state index in [0.717, 1.165) is 0 Å². The van der Waals surface area contributed by atoms with Gasteiger partial charge in [0, 0.05) is 18.2 Å². The van der Waals surface area contributed by atoms with Crippen molar-refractivity contribution in [3.05, 3.63) is 69.1 Å². The Labute approximate surface area is 128 Å². The lowest BCUT2D eigenvalue weighted by Gasteiger charge is -2.04. The quantitative estimate of drug-likeness (QED) is 0.417. The van der Waals surface area contributed by atoms with E-state index in [2.05, 4.69) is 0 Å². The van der Waals surface area contributed by atoms with Gasteiger partial charge in [-0.3, -0.25) is 19.7 Å². The predicted molar refractivity (Wildman–Crippen MR) is 81.3 cm³/mol. The number of carbonyl (C=O) groups is 1. The standard InChI is InChI=1S/C16H9NO6/c18-9-23-12-5-6-13-15(7-12)22-8-14(16(13)19)10-1-3-11(4-2-10)17(20)21/h1-9H. The summed E-state index contributed by atoms with van der Waals surface area (Å²) in [7, 11) is 0. The van der Waals surface area contributed by atoms with E-state index >= 15 is 0 Å². The van der Waals surface area contributed by atoms with Crippen molar-refractivity contribution in [3.8, 4) is 16.9 Å². The van der Waals surface area contributed by atoms with Crippen molar-refractivity contribution in [1.82, 2.24) is 0 Å². The minimum Gasteiger partial charge on any atom is -0.463 e. The highest BCUT2D eigenvalue weighted by Gasteiger charge is 2.12. The minimum absolute atomic E-state index is 0.0606. The van der Waals surface area contributed by atoms with Gasteiger partial charge in [-0.15, -0.1) is 0 Å². The minimum atomic E-state index is -0.513. The zero-order valence-electron chi connectivity index (χ0n) is 11.6. The molecular weight excluding hydrogens is 302 g/mol.